The van der Waals surface area contributed by atoms with Gasteiger partial charge in [0.2, 0.25) is 0 Å². The number of nitro groups is 1. The fraction of sp³-hybridized carbons (Fsp3) is 0.455. The van der Waals surface area contributed by atoms with E-state index in [2.05, 4.69) is 30.8 Å². The Hall–Kier alpha value is -0.720. The summed E-state index contributed by atoms with van der Waals surface area (Å²) < 4.78 is 2.13. The van der Waals surface area contributed by atoms with Crippen LogP contribution < -0.4 is 0 Å². The molecule has 0 aliphatic carbocycles. The Labute approximate surface area is 111 Å². The number of hydrogen-bond acceptors (Lipinski definition) is 5. The Kier molecular flexibility index (Phi) is 5.30. The van der Waals surface area contributed by atoms with Crippen LogP contribution in [-0.4, -0.2) is 20.6 Å². The van der Waals surface area contributed by atoms with Gasteiger partial charge in [-0.05, 0) is 44.9 Å². The highest BCUT2D eigenvalue weighted by Gasteiger charge is 2.16. The van der Waals surface area contributed by atoms with Crippen molar-refractivity contribution >= 4 is 30.3 Å². The first-order valence-corrected chi connectivity index (χ1v) is 6.59. The van der Waals surface area contributed by atoms with Crippen LogP contribution in [-0.2, 0) is 0 Å². The predicted molar refractivity (Wildman–Crippen MR) is 74.4 cm³/mol. The number of benzene rings is 1. The minimum atomic E-state index is -0.393. The molecule has 6 heteroatoms. The molecule has 0 aliphatic heterocycles. The molecule has 17 heavy (non-hydrogen) atoms. The lowest BCUT2D eigenvalue weighted by Crippen LogP contribution is -2.28. The first kappa shape index (κ1) is 14.3. The zero-order valence-corrected chi connectivity index (χ0v) is 11.7. The fourth-order valence-corrected chi connectivity index (χ4v) is 2.64. The lowest BCUT2D eigenvalue weighted by Gasteiger charge is -2.28. The van der Waals surface area contributed by atoms with Gasteiger partial charge in [-0.3, -0.25) is 10.1 Å². The summed E-state index contributed by atoms with van der Waals surface area (Å²) in [5.41, 5.74) is 0.115. The van der Waals surface area contributed by atoms with E-state index in [-0.39, 0.29) is 11.1 Å². The molecule has 1 aromatic carbocycles. The standard InChI is InChI=1S/C11H16N2O2S2/c1-8(2)12(9(3)16)17-11-6-4-10(5-7-11)13(14)15/h4-9,16H,1-3H3/t9-/m0/s1. The van der Waals surface area contributed by atoms with Crippen molar-refractivity contribution in [1.29, 1.82) is 0 Å². The average Bonchev–Trinajstić information content (AvgIpc) is 2.25. The van der Waals surface area contributed by atoms with Crippen molar-refractivity contribution in [2.24, 2.45) is 0 Å². The van der Waals surface area contributed by atoms with Gasteiger partial charge in [0.1, 0.15) is 0 Å². The van der Waals surface area contributed by atoms with E-state index in [1.54, 1.807) is 24.1 Å². The number of nitrogens with zero attached hydrogens (tertiary/aromatic N) is 2. The molecule has 94 valence electrons. The molecule has 0 N–H and O–H groups in total. The van der Waals surface area contributed by atoms with Gasteiger partial charge in [-0.25, -0.2) is 4.31 Å². The van der Waals surface area contributed by atoms with Gasteiger partial charge in [-0.1, -0.05) is 0 Å². The van der Waals surface area contributed by atoms with Crippen molar-refractivity contribution in [3.63, 3.8) is 0 Å². The maximum absolute atomic E-state index is 10.5. The molecule has 0 saturated carbocycles. The molecule has 0 aliphatic rings. The van der Waals surface area contributed by atoms with Crippen LogP contribution in [0.4, 0.5) is 5.69 Å². The molecule has 0 fully saturated rings. The van der Waals surface area contributed by atoms with Crippen molar-refractivity contribution < 1.29 is 4.92 Å². The normalized spacial score (nSPS) is 13.1. The Bertz CT molecular complexity index is 372. The maximum atomic E-state index is 10.5. The highest BCUT2D eigenvalue weighted by molar-refractivity contribution is 7.97. The number of nitro benzene ring substituents is 1. The topological polar surface area (TPSA) is 46.4 Å². The second-order valence-corrected chi connectivity index (χ2v) is 5.75. The summed E-state index contributed by atoms with van der Waals surface area (Å²) in [4.78, 5) is 11.1. The molecule has 0 spiro atoms. The van der Waals surface area contributed by atoms with Crippen molar-refractivity contribution in [2.75, 3.05) is 0 Å². The van der Waals surface area contributed by atoms with Gasteiger partial charge in [0.15, 0.2) is 0 Å². The van der Waals surface area contributed by atoms with Gasteiger partial charge in [-0.2, -0.15) is 12.6 Å². The third-order valence-corrected chi connectivity index (χ3v) is 3.97. The van der Waals surface area contributed by atoms with E-state index in [9.17, 15) is 10.1 Å². The van der Waals surface area contributed by atoms with Crippen LogP contribution in [0.25, 0.3) is 0 Å². The molecule has 1 aromatic rings. The third-order valence-electron chi connectivity index (χ3n) is 2.14. The van der Waals surface area contributed by atoms with Crippen LogP contribution in [0.5, 0.6) is 0 Å². The number of thiol groups is 1. The largest absolute Gasteiger partial charge is 0.269 e. The summed E-state index contributed by atoms with van der Waals surface area (Å²) in [6.07, 6.45) is 0. The second-order valence-electron chi connectivity index (χ2n) is 3.93. The van der Waals surface area contributed by atoms with Crippen molar-refractivity contribution in [1.82, 2.24) is 4.31 Å². The van der Waals surface area contributed by atoms with Crippen molar-refractivity contribution in [3.8, 4) is 0 Å². The number of non-ortho nitro benzene ring substituents is 1. The van der Waals surface area contributed by atoms with Gasteiger partial charge < -0.3 is 0 Å². The van der Waals surface area contributed by atoms with E-state index in [1.807, 2.05) is 6.92 Å². The highest BCUT2D eigenvalue weighted by atomic mass is 32.2. The summed E-state index contributed by atoms with van der Waals surface area (Å²) in [5, 5.41) is 10.6. The molecular weight excluding hydrogens is 256 g/mol. The zero-order valence-electron chi connectivity index (χ0n) is 10.0. The molecule has 1 rings (SSSR count). The third kappa shape index (κ3) is 4.22. The monoisotopic (exact) mass is 272 g/mol. The van der Waals surface area contributed by atoms with Gasteiger partial charge in [-0.15, -0.1) is 0 Å². The van der Waals surface area contributed by atoms with E-state index in [1.165, 1.54) is 12.1 Å². The Morgan fingerprint density at radius 3 is 2.18 bits per heavy atom. The number of hydrogen-bond donors (Lipinski definition) is 1. The number of rotatable bonds is 5. The quantitative estimate of drug-likeness (QED) is 0.292. The van der Waals surface area contributed by atoms with Crippen LogP contribution in [0.3, 0.4) is 0 Å². The lowest BCUT2D eigenvalue weighted by atomic mass is 10.3. The molecule has 4 nitrogen and oxygen atoms in total. The van der Waals surface area contributed by atoms with E-state index in [0.29, 0.717) is 6.04 Å². The Morgan fingerprint density at radius 1 is 1.29 bits per heavy atom. The molecule has 0 amide bonds. The first-order chi connectivity index (χ1) is 7.91. The average molecular weight is 272 g/mol. The molecule has 0 heterocycles. The van der Waals surface area contributed by atoms with E-state index in [4.69, 9.17) is 0 Å². The summed E-state index contributed by atoms with van der Waals surface area (Å²) >= 11 is 5.97. The Morgan fingerprint density at radius 2 is 1.82 bits per heavy atom. The molecule has 1 atom stereocenters. The molecular formula is C11H16N2O2S2. The smallest absolute Gasteiger partial charge is 0.258 e. The summed E-state index contributed by atoms with van der Waals surface area (Å²) in [7, 11) is 0. The van der Waals surface area contributed by atoms with Crippen molar-refractivity contribution in [2.45, 2.75) is 37.1 Å². The van der Waals surface area contributed by atoms with Gasteiger partial charge in [0, 0.05) is 23.1 Å². The predicted octanol–water partition coefficient (Wildman–Crippen LogP) is 3.59. The molecule has 0 unspecified atom stereocenters. The molecule has 0 bridgehead atoms. The van der Waals surface area contributed by atoms with Crippen LogP contribution >= 0.6 is 24.6 Å². The summed E-state index contributed by atoms with van der Waals surface area (Å²) in [6.45, 7) is 6.18. The zero-order chi connectivity index (χ0) is 13.0. The van der Waals surface area contributed by atoms with E-state index in [0.717, 1.165) is 4.90 Å². The van der Waals surface area contributed by atoms with E-state index < -0.39 is 4.92 Å². The van der Waals surface area contributed by atoms with Gasteiger partial charge in [0.25, 0.3) is 5.69 Å². The fourth-order valence-electron chi connectivity index (χ4n) is 1.36. The van der Waals surface area contributed by atoms with Gasteiger partial charge >= 0.3 is 0 Å². The Balaban J connectivity index is 2.77. The van der Waals surface area contributed by atoms with Crippen LogP contribution in [0.1, 0.15) is 20.8 Å². The van der Waals surface area contributed by atoms with Crippen LogP contribution in [0.15, 0.2) is 29.2 Å². The molecule has 0 radical (unpaired) electrons. The second kappa shape index (κ2) is 6.28. The molecule has 0 saturated heterocycles. The van der Waals surface area contributed by atoms with E-state index >= 15 is 0 Å². The summed E-state index contributed by atoms with van der Waals surface area (Å²) in [6, 6.07) is 6.90. The highest BCUT2D eigenvalue weighted by Crippen LogP contribution is 2.29. The van der Waals surface area contributed by atoms with Crippen molar-refractivity contribution in [3.05, 3.63) is 34.4 Å². The molecule has 0 aromatic heterocycles. The van der Waals surface area contributed by atoms with Crippen LogP contribution in [0.2, 0.25) is 0 Å². The minimum absolute atomic E-state index is 0.115. The van der Waals surface area contributed by atoms with Gasteiger partial charge in [0.05, 0.1) is 10.3 Å². The lowest BCUT2D eigenvalue weighted by molar-refractivity contribution is -0.384. The SMILES string of the molecule is CC(C)N(Sc1ccc([N+](=O)[O-])cc1)[C@H](C)S. The minimum Gasteiger partial charge on any atom is -0.258 e. The first-order valence-electron chi connectivity index (χ1n) is 5.30. The maximum Gasteiger partial charge on any atom is 0.269 e. The summed E-state index contributed by atoms with van der Waals surface area (Å²) in [5.74, 6) is 0. The van der Waals surface area contributed by atoms with Crippen LogP contribution in [0, 0.1) is 10.1 Å².